The van der Waals surface area contributed by atoms with Crippen LogP contribution in [0.4, 0.5) is 0 Å². The lowest BCUT2D eigenvalue weighted by molar-refractivity contribution is -0.118. The molecule has 0 aromatic carbocycles. The topological polar surface area (TPSA) is 83.2 Å². The van der Waals surface area contributed by atoms with Gasteiger partial charge in [-0.25, -0.2) is 0 Å². The second kappa shape index (κ2) is 6.98. The fraction of sp³-hybridized carbons (Fsp3) is 0.750. The summed E-state index contributed by atoms with van der Waals surface area (Å²) in [4.78, 5) is 10.0. The number of halogens is 1. The fourth-order valence-electron chi connectivity index (χ4n) is 0.364. The normalized spacial score (nSPS) is 11.7. The highest BCUT2D eigenvalue weighted by molar-refractivity contribution is 7.79. The summed E-state index contributed by atoms with van der Waals surface area (Å²) in [6, 6.07) is 0. The molecule has 1 atom stereocenters. The third kappa shape index (κ3) is 10.8. The largest absolute Gasteiger partial charge is 0.772 e. The maximum absolute atomic E-state index is 10.0. The van der Waals surface area contributed by atoms with Crippen molar-refractivity contribution in [2.24, 2.45) is 5.73 Å². The Hall–Kier alpha value is -0.130. The molecule has 0 aliphatic rings. The molecule has 1 unspecified atom stereocenters. The molecular weight excluding hydrogens is 178 g/mol. The lowest BCUT2D eigenvalue weighted by Gasteiger charge is -2.00. The first-order chi connectivity index (χ1) is 4.13. The first kappa shape index (κ1) is 12.5. The lowest BCUT2D eigenvalue weighted by Crippen LogP contribution is -2.11. The molecule has 6 heteroatoms. The second-order valence-electron chi connectivity index (χ2n) is 1.58. The van der Waals surface area contributed by atoms with Crippen LogP contribution in [0.2, 0.25) is 0 Å². The Morgan fingerprint density at radius 3 is 2.40 bits per heavy atom. The molecule has 0 fully saturated rings. The van der Waals surface area contributed by atoms with Crippen LogP contribution in [0.3, 0.4) is 0 Å². The molecule has 0 aliphatic heterocycles. The molecule has 62 valence electrons. The molecular formula is C4H9ClNO3S-. The highest BCUT2D eigenvalue weighted by Gasteiger charge is 1.92. The fourth-order valence-corrected chi connectivity index (χ4v) is 0.744. The minimum absolute atomic E-state index is 0. The molecule has 10 heavy (non-hydrogen) atoms. The van der Waals surface area contributed by atoms with Gasteiger partial charge in [-0.1, -0.05) is 11.1 Å². The molecule has 4 nitrogen and oxygen atoms in total. The van der Waals surface area contributed by atoms with E-state index >= 15 is 0 Å². The van der Waals surface area contributed by atoms with Crippen LogP contribution < -0.4 is 5.73 Å². The van der Waals surface area contributed by atoms with Gasteiger partial charge in [0.25, 0.3) is 0 Å². The summed E-state index contributed by atoms with van der Waals surface area (Å²) in [5.74, 6) is -0.441. The van der Waals surface area contributed by atoms with E-state index in [2.05, 4.69) is 0 Å². The Labute approximate surface area is 67.9 Å². The van der Waals surface area contributed by atoms with Crippen molar-refractivity contribution in [1.29, 1.82) is 0 Å². The van der Waals surface area contributed by atoms with Crippen LogP contribution in [-0.2, 0) is 15.9 Å². The highest BCUT2D eigenvalue weighted by atomic mass is 35.5. The summed E-state index contributed by atoms with van der Waals surface area (Å²) in [5.41, 5.74) is 4.74. The zero-order chi connectivity index (χ0) is 7.28. The van der Waals surface area contributed by atoms with Gasteiger partial charge in [0.1, 0.15) is 0 Å². The van der Waals surface area contributed by atoms with E-state index in [9.17, 15) is 13.6 Å². The average molecular weight is 187 g/mol. The van der Waals surface area contributed by atoms with E-state index in [1.165, 1.54) is 0 Å². The van der Waals surface area contributed by atoms with Crippen molar-refractivity contribution in [2.75, 3.05) is 5.75 Å². The zero-order valence-corrected chi connectivity index (χ0v) is 6.87. The highest BCUT2D eigenvalue weighted by Crippen LogP contribution is 1.88. The molecule has 0 radical (unpaired) electrons. The van der Waals surface area contributed by atoms with Crippen molar-refractivity contribution in [3.05, 3.63) is 0 Å². The molecule has 2 N–H and O–H groups in total. The van der Waals surface area contributed by atoms with Gasteiger partial charge in [0.15, 0.2) is 0 Å². The first-order valence-corrected chi connectivity index (χ1v) is 3.71. The van der Waals surface area contributed by atoms with Crippen molar-refractivity contribution in [3.8, 4) is 0 Å². The summed E-state index contributed by atoms with van der Waals surface area (Å²) in [6.07, 6.45) is 0.472. The minimum Gasteiger partial charge on any atom is -0.772 e. The monoisotopic (exact) mass is 186 g/mol. The van der Waals surface area contributed by atoms with E-state index in [4.69, 9.17) is 5.73 Å². The zero-order valence-electron chi connectivity index (χ0n) is 5.24. The number of nitrogens with two attached hydrogens (primary N) is 1. The van der Waals surface area contributed by atoms with Crippen molar-refractivity contribution in [1.82, 2.24) is 0 Å². The van der Waals surface area contributed by atoms with Crippen LogP contribution in [0.15, 0.2) is 0 Å². The van der Waals surface area contributed by atoms with Gasteiger partial charge in [0, 0.05) is 12.2 Å². The van der Waals surface area contributed by atoms with Gasteiger partial charge in [-0.15, -0.1) is 12.4 Å². The predicted octanol–water partition coefficient (Wildman–Crippen LogP) is -0.447. The number of rotatable bonds is 4. The number of carbonyl (C=O) groups is 1. The third-order valence-electron chi connectivity index (χ3n) is 0.734. The van der Waals surface area contributed by atoms with E-state index in [1.807, 2.05) is 0 Å². The summed E-state index contributed by atoms with van der Waals surface area (Å²) in [7, 11) is 0. The smallest absolute Gasteiger partial charge is 0.217 e. The maximum Gasteiger partial charge on any atom is 0.217 e. The van der Waals surface area contributed by atoms with Crippen LogP contribution in [-0.4, -0.2) is 20.4 Å². The molecule has 0 aromatic heterocycles. The van der Waals surface area contributed by atoms with Crippen LogP contribution in [0, 0.1) is 0 Å². The van der Waals surface area contributed by atoms with E-state index < -0.39 is 17.0 Å². The SMILES string of the molecule is Cl.NC(=O)CCCS(=O)[O-]. The van der Waals surface area contributed by atoms with E-state index in [-0.39, 0.29) is 24.6 Å². The first-order valence-electron chi connectivity index (χ1n) is 2.47. The third-order valence-corrected chi connectivity index (χ3v) is 1.36. The number of hydrogen-bond acceptors (Lipinski definition) is 3. The minimum atomic E-state index is -2.04. The van der Waals surface area contributed by atoms with Crippen molar-refractivity contribution < 1.29 is 13.6 Å². The van der Waals surface area contributed by atoms with Gasteiger partial charge in [0.05, 0.1) is 0 Å². The van der Waals surface area contributed by atoms with Crippen molar-refractivity contribution in [2.45, 2.75) is 12.8 Å². The number of primary amides is 1. The Morgan fingerprint density at radius 1 is 1.60 bits per heavy atom. The molecule has 1 amide bonds. The summed E-state index contributed by atoms with van der Waals surface area (Å²) in [6.45, 7) is 0. The van der Waals surface area contributed by atoms with Crippen LogP contribution in [0.5, 0.6) is 0 Å². The standard InChI is InChI=1S/C4H9NO3S.ClH/c5-4(6)2-1-3-9(7)8;/h1-3H2,(H2,5,6)(H,7,8);1H/p-1. The lowest BCUT2D eigenvalue weighted by atomic mass is 10.3. The summed E-state index contributed by atoms with van der Waals surface area (Å²) in [5, 5.41) is 0. The molecule has 0 rings (SSSR count). The Bertz CT molecular complexity index is 116. The van der Waals surface area contributed by atoms with Gasteiger partial charge in [0.2, 0.25) is 5.91 Å². The van der Waals surface area contributed by atoms with E-state index in [0.29, 0.717) is 6.42 Å². The number of hydrogen-bond donors (Lipinski definition) is 1. The van der Waals surface area contributed by atoms with Crippen molar-refractivity contribution >= 4 is 29.4 Å². The number of amides is 1. The van der Waals surface area contributed by atoms with Gasteiger partial charge in [-0.05, 0) is 6.42 Å². The quantitative estimate of drug-likeness (QED) is 0.604. The van der Waals surface area contributed by atoms with Crippen LogP contribution in [0.25, 0.3) is 0 Å². The summed E-state index contributed by atoms with van der Waals surface area (Å²) >= 11 is -2.04. The Kier molecular flexibility index (Phi) is 8.75. The molecule has 0 aliphatic carbocycles. The van der Waals surface area contributed by atoms with Gasteiger partial charge >= 0.3 is 0 Å². The molecule has 0 heterocycles. The molecule has 0 bridgehead atoms. The van der Waals surface area contributed by atoms with E-state index in [1.54, 1.807) is 0 Å². The molecule has 0 aromatic rings. The van der Waals surface area contributed by atoms with Gasteiger partial charge in [-0.2, -0.15) is 0 Å². The van der Waals surface area contributed by atoms with Crippen LogP contribution in [0.1, 0.15) is 12.8 Å². The Balaban J connectivity index is 0. The predicted molar refractivity (Wildman–Crippen MR) is 39.5 cm³/mol. The maximum atomic E-state index is 10.0. The average Bonchev–Trinajstić information content (AvgIpc) is 1.63. The Morgan fingerprint density at radius 2 is 2.10 bits per heavy atom. The summed E-state index contributed by atoms with van der Waals surface area (Å²) < 4.78 is 19.7. The molecule has 0 spiro atoms. The van der Waals surface area contributed by atoms with Gasteiger partial charge < -0.3 is 10.3 Å². The second-order valence-corrected chi connectivity index (χ2v) is 2.59. The number of carbonyl (C=O) groups excluding carboxylic acids is 1. The molecule has 0 saturated heterocycles. The van der Waals surface area contributed by atoms with Crippen LogP contribution >= 0.6 is 12.4 Å². The van der Waals surface area contributed by atoms with E-state index in [0.717, 1.165) is 0 Å². The molecule has 0 saturated carbocycles. The van der Waals surface area contributed by atoms with Crippen molar-refractivity contribution in [3.63, 3.8) is 0 Å². The van der Waals surface area contributed by atoms with Gasteiger partial charge in [-0.3, -0.25) is 9.00 Å².